The van der Waals surface area contributed by atoms with Crippen molar-refractivity contribution in [2.75, 3.05) is 46.9 Å². The minimum Gasteiger partial charge on any atom is -0.383 e. The highest BCUT2D eigenvalue weighted by molar-refractivity contribution is 5.75. The molecule has 1 saturated heterocycles. The van der Waals surface area contributed by atoms with Crippen molar-refractivity contribution in [2.45, 2.75) is 0 Å². The molecule has 5 heteroatoms. The van der Waals surface area contributed by atoms with E-state index in [1.807, 2.05) is 7.05 Å². The molecule has 1 atom stereocenters. The molecule has 0 aromatic carbocycles. The van der Waals surface area contributed by atoms with Crippen molar-refractivity contribution in [1.29, 1.82) is 0 Å². The summed E-state index contributed by atoms with van der Waals surface area (Å²) in [7, 11) is 3.45. The van der Waals surface area contributed by atoms with E-state index >= 15 is 0 Å². The van der Waals surface area contributed by atoms with Crippen LogP contribution in [0.3, 0.4) is 0 Å². The summed E-state index contributed by atoms with van der Waals surface area (Å²) in [5, 5.41) is 0. The van der Waals surface area contributed by atoms with Gasteiger partial charge in [0.2, 0.25) is 0 Å². The summed E-state index contributed by atoms with van der Waals surface area (Å²) in [5.74, 6) is 0.384. The molecule has 1 heterocycles. The van der Waals surface area contributed by atoms with Crippen LogP contribution in [0.2, 0.25) is 0 Å². The molecule has 2 N–H and O–H groups in total. The second kappa shape index (κ2) is 5.17. The number of carbonyl (C=O) groups excluding carboxylic acids is 1. The summed E-state index contributed by atoms with van der Waals surface area (Å²) in [4.78, 5) is 15.2. The van der Waals surface area contributed by atoms with Crippen molar-refractivity contribution < 1.29 is 9.53 Å². The molecule has 1 fully saturated rings. The lowest BCUT2D eigenvalue weighted by atomic mass is 10.1. The maximum atomic E-state index is 11.6. The Bertz CT molecular complexity index is 198. The lowest BCUT2D eigenvalue weighted by Gasteiger charge is -2.37. The van der Waals surface area contributed by atoms with E-state index in [-0.39, 0.29) is 6.03 Å². The van der Waals surface area contributed by atoms with Gasteiger partial charge in [-0.2, -0.15) is 0 Å². The third kappa shape index (κ3) is 2.59. The molecular weight excluding hydrogens is 182 g/mol. The second-order valence-electron chi connectivity index (χ2n) is 3.70. The summed E-state index contributed by atoms with van der Waals surface area (Å²) in [5.41, 5.74) is 5.61. The Balaban J connectivity index is 2.49. The van der Waals surface area contributed by atoms with Crippen molar-refractivity contribution in [1.82, 2.24) is 9.80 Å². The SMILES string of the molecule is COCCN1CC(CN)CN(C)C1=O. The Morgan fingerprint density at radius 3 is 2.86 bits per heavy atom. The molecule has 0 bridgehead atoms. The number of rotatable bonds is 4. The van der Waals surface area contributed by atoms with E-state index in [1.54, 1.807) is 16.9 Å². The third-order valence-corrected chi connectivity index (χ3v) is 2.51. The molecule has 1 aliphatic heterocycles. The molecule has 0 saturated carbocycles. The molecule has 0 aliphatic carbocycles. The van der Waals surface area contributed by atoms with E-state index in [2.05, 4.69) is 0 Å². The highest BCUT2D eigenvalue weighted by Gasteiger charge is 2.28. The fourth-order valence-corrected chi connectivity index (χ4v) is 1.69. The van der Waals surface area contributed by atoms with Crippen LogP contribution in [0.4, 0.5) is 4.79 Å². The topological polar surface area (TPSA) is 58.8 Å². The molecule has 1 aliphatic rings. The van der Waals surface area contributed by atoms with Gasteiger partial charge in [0, 0.05) is 39.7 Å². The molecule has 14 heavy (non-hydrogen) atoms. The monoisotopic (exact) mass is 201 g/mol. The van der Waals surface area contributed by atoms with E-state index in [0.29, 0.717) is 25.6 Å². The van der Waals surface area contributed by atoms with Crippen molar-refractivity contribution >= 4 is 6.03 Å². The van der Waals surface area contributed by atoms with Crippen LogP contribution in [-0.4, -0.2) is 62.8 Å². The number of hydrogen-bond donors (Lipinski definition) is 1. The number of methoxy groups -OCH3 is 1. The molecule has 1 unspecified atom stereocenters. The number of nitrogens with two attached hydrogens (primary N) is 1. The predicted octanol–water partition coefficient (Wildman–Crippen LogP) is -0.425. The summed E-state index contributed by atoms with van der Waals surface area (Å²) >= 11 is 0. The fraction of sp³-hybridized carbons (Fsp3) is 0.889. The summed E-state index contributed by atoms with van der Waals surface area (Å²) < 4.78 is 4.95. The molecule has 0 spiro atoms. The quantitative estimate of drug-likeness (QED) is 0.671. The summed E-state index contributed by atoms with van der Waals surface area (Å²) in [6.45, 7) is 3.37. The van der Waals surface area contributed by atoms with Gasteiger partial charge in [0.1, 0.15) is 0 Å². The highest BCUT2D eigenvalue weighted by Crippen LogP contribution is 2.11. The first-order chi connectivity index (χ1) is 6.69. The molecule has 0 aromatic rings. The number of amides is 2. The fourth-order valence-electron chi connectivity index (χ4n) is 1.69. The maximum Gasteiger partial charge on any atom is 0.319 e. The molecule has 0 radical (unpaired) electrons. The average molecular weight is 201 g/mol. The Labute approximate surface area is 84.8 Å². The van der Waals surface area contributed by atoms with Crippen molar-refractivity contribution in [2.24, 2.45) is 11.7 Å². The normalized spacial score (nSPS) is 23.1. The van der Waals surface area contributed by atoms with Gasteiger partial charge >= 0.3 is 6.03 Å². The van der Waals surface area contributed by atoms with Gasteiger partial charge in [-0.25, -0.2) is 4.79 Å². The van der Waals surface area contributed by atoms with Crippen molar-refractivity contribution in [3.8, 4) is 0 Å². The van der Waals surface area contributed by atoms with Crippen molar-refractivity contribution in [3.63, 3.8) is 0 Å². The number of urea groups is 1. The van der Waals surface area contributed by atoms with Gasteiger partial charge in [0.25, 0.3) is 0 Å². The Morgan fingerprint density at radius 1 is 1.57 bits per heavy atom. The van der Waals surface area contributed by atoms with Crippen LogP contribution in [0, 0.1) is 5.92 Å². The van der Waals surface area contributed by atoms with E-state index in [1.165, 1.54) is 0 Å². The van der Waals surface area contributed by atoms with Gasteiger partial charge in [0.15, 0.2) is 0 Å². The smallest absolute Gasteiger partial charge is 0.319 e. The van der Waals surface area contributed by atoms with Gasteiger partial charge in [-0.15, -0.1) is 0 Å². The first-order valence-corrected chi connectivity index (χ1v) is 4.88. The van der Waals surface area contributed by atoms with Crippen LogP contribution in [-0.2, 0) is 4.74 Å². The first kappa shape index (κ1) is 11.3. The number of ether oxygens (including phenoxy) is 1. The zero-order valence-corrected chi connectivity index (χ0v) is 8.90. The van der Waals surface area contributed by atoms with Crippen LogP contribution in [0.25, 0.3) is 0 Å². The number of nitrogens with zero attached hydrogens (tertiary/aromatic N) is 2. The molecule has 5 nitrogen and oxygen atoms in total. The van der Waals surface area contributed by atoms with Crippen LogP contribution >= 0.6 is 0 Å². The Morgan fingerprint density at radius 2 is 2.29 bits per heavy atom. The summed E-state index contributed by atoms with van der Waals surface area (Å²) in [6, 6.07) is 0.0757. The minimum atomic E-state index is 0.0757. The van der Waals surface area contributed by atoms with Crippen LogP contribution < -0.4 is 5.73 Å². The molecule has 82 valence electrons. The molecule has 1 rings (SSSR count). The van der Waals surface area contributed by atoms with Gasteiger partial charge in [-0.1, -0.05) is 0 Å². The number of carbonyl (C=O) groups is 1. The third-order valence-electron chi connectivity index (χ3n) is 2.51. The van der Waals surface area contributed by atoms with Crippen LogP contribution in [0.5, 0.6) is 0 Å². The standard InChI is InChI=1S/C9H19N3O2/c1-11-6-8(5-10)7-12(9(11)13)3-4-14-2/h8H,3-7,10H2,1-2H3. The Kier molecular flexibility index (Phi) is 4.16. The van der Waals surface area contributed by atoms with Gasteiger partial charge in [0.05, 0.1) is 6.61 Å². The molecular formula is C9H19N3O2. The number of hydrogen-bond acceptors (Lipinski definition) is 3. The Hall–Kier alpha value is -0.810. The van der Waals surface area contributed by atoms with E-state index < -0.39 is 0 Å². The van der Waals surface area contributed by atoms with E-state index in [0.717, 1.165) is 13.1 Å². The highest BCUT2D eigenvalue weighted by atomic mass is 16.5. The predicted molar refractivity (Wildman–Crippen MR) is 54.0 cm³/mol. The van der Waals surface area contributed by atoms with Crippen LogP contribution in [0.1, 0.15) is 0 Å². The van der Waals surface area contributed by atoms with Gasteiger partial charge < -0.3 is 20.3 Å². The zero-order chi connectivity index (χ0) is 10.6. The molecule has 2 amide bonds. The summed E-state index contributed by atoms with van der Waals surface area (Å²) in [6.07, 6.45) is 0. The lowest BCUT2D eigenvalue weighted by Crippen LogP contribution is -2.54. The molecule has 0 aromatic heterocycles. The van der Waals surface area contributed by atoms with E-state index in [4.69, 9.17) is 10.5 Å². The largest absolute Gasteiger partial charge is 0.383 e. The lowest BCUT2D eigenvalue weighted by molar-refractivity contribution is 0.0950. The van der Waals surface area contributed by atoms with Crippen molar-refractivity contribution in [3.05, 3.63) is 0 Å². The average Bonchev–Trinajstić information content (AvgIpc) is 2.20. The first-order valence-electron chi connectivity index (χ1n) is 4.88. The van der Waals surface area contributed by atoms with Crippen LogP contribution in [0.15, 0.2) is 0 Å². The van der Waals surface area contributed by atoms with Gasteiger partial charge in [-0.05, 0) is 6.54 Å². The van der Waals surface area contributed by atoms with E-state index in [9.17, 15) is 4.79 Å². The second-order valence-corrected chi connectivity index (χ2v) is 3.70. The minimum absolute atomic E-state index is 0.0757. The maximum absolute atomic E-state index is 11.6. The van der Waals surface area contributed by atoms with Gasteiger partial charge in [-0.3, -0.25) is 0 Å². The zero-order valence-electron chi connectivity index (χ0n) is 8.90.